The molecular formula is C17H20N2OS. The summed E-state index contributed by atoms with van der Waals surface area (Å²) >= 11 is 1.80. The number of rotatable bonds is 7. The summed E-state index contributed by atoms with van der Waals surface area (Å²) in [5, 5.41) is 14.2. The molecule has 2 atom stereocenters. The summed E-state index contributed by atoms with van der Waals surface area (Å²) < 4.78 is 5.26. The molecule has 2 aromatic rings. The maximum atomic E-state index is 8.49. The fourth-order valence-corrected chi connectivity index (χ4v) is 3.12. The van der Waals surface area contributed by atoms with E-state index in [0.29, 0.717) is 6.04 Å². The lowest BCUT2D eigenvalue weighted by Gasteiger charge is -2.20. The van der Waals surface area contributed by atoms with E-state index in [1.165, 1.54) is 10.4 Å². The number of nitrogens with zero attached hydrogens (tertiary/aromatic N) is 1. The number of hydrogen-bond acceptors (Lipinski definition) is 4. The molecular weight excluding hydrogens is 280 g/mol. The minimum absolute atomic E-state index is 0.0883. The van der Waals surface area contributed by atoms with Gasteiger partial charge in [0.2, 0.25) is 0 Å². The summed E-state index contributed by atoms with van der Waals surface area (Å²) in [4.78, 5) is 1.41. The molecule has 0 bridgehead atoms. The first kappa shape index (κ1) is 15.6. The van der Waals surface area contributed by atoms with E-state index < -0.39 is 0 Å². The Morgan fingerprint density at radius 1 is 1.24 bits per heavy atom. The van der Waals surface area contributed by atoms with Crippen molar-refractivity contribution in [2.75, 3.05) is 6.61 Å². The topological polar surface area (TPSA) is 45.0 Å². The van der Waals surface area contributed by atoms with Gasteiger partial charge in [0.25, 0.3) is 0 Å². The molecule has 0 amide bonds. The van der Waals surface area contributed by atoms with Gasteiger partial charge in [0.05, 0.1) is 0 Å². The number of hydrogen-bond donors (Lipinski definition) is 1. The van der Waals surface area contributed by atoms with Crippen LogP contribution in [0.25, 0.3) is 0 Å². The van der Waals surface area contributed by atoms with Crippen LogP contribution in [0.3, 0.4) is 0 Å². The Morgan fingerprint density at radius 2 is 2.00 bits per heavy atom. The SMILES string of the molecule is CC(Cc1cccs1)NC(C)c1ccc(OCC#N)cc1. The Morgan fingerprint density at radius 3 is 2.62 bits per heavy atom. The van der Waals surface area contributed by atoms with Crippen molar-refractivity contribution in [1.82, 2.24) is 5.32 Å². The average Bonchev–Trinajstić information content (AvgIpc) is 2.98. The van der Waals surface area contributed by atoms with Crippen LogP contribution in [0, 0.1) is 11.3 Å². The van der Waals surface area contributed by atoms with Gasteiger partial charge in [-0.05, 0) is 49.4 Å². The van der Waals surface area contributed by atoms with Gasteiger partial charge < -0.3 is 10.1 Å². The van der Waals surface area contributed by atoms with E-state index in [4.69, 9.17) is 10.00 Å². The van der Waals surface area contributed by atoms with Gasteiger partial charge in [-0.15, -0.1) is 11.3 Å². The highest BCUT2D eigenvalue weighted by atomic mass is 32.1. The summed E-state index contributed by atoms with van der Waals surface area (Å²) in [5.74, 6) is 0.735. The van der Waals surface area contributed by atoms with E-state index in [1.807, 2.05) is 30.3 Å². The van der Waals surface area contributed by atoms with E-state index in [1.54, 1.807) is 11.3 Å². The lowest BCUT2D eigenvalue weighted by molar-refractivity contribution is 0.368. The molecule has 1 aromatic carbocycles. The van der Waals surface area contributed by atoms with Crippen LogP contribution in [0.2, 0.25) is 0 Å². The molecule has 0 spiro atoms. The Labute approximate surface area is 130 Å². The Balaban J connectivity index is 1.87. The lowest BCUT2D eigenvalue weighted by atomic mass is 10.1. The monoisotopic (exact) mass is 300 g/mol. The number of benzene rings is 1. The summed E-state index contributed by atoms with van der Waals surface area (Å²) in [6, 6.07) is 14.9. The van der Waals surface area contributed by atoms with Crippen LogP contribution in [0.1, 0.15) is 30.3 Å². The van der Waals surface area contributed by atoms with Gasteiger partial charge in [-0.1, -0.05) is 18.2 Å². The predicted octanol–water partition coefficient (Wildman–Crippen LogP) is 3.93. The molecule has 0 aliphatic carbocycles. The van der Waals surface area contributed by atoms with Crippen molar-refractivity contribution >= 4 is 11.3 Å². The smallest absolute Gasteiger partial charge is 0.174 e. The van der Waals surface area contributed by atoms with Crippen LogP contribution in [-0.2, 0) is 6.42 Å². The summed E-state index contributed by atoms with van der Waals surface area (Å²) in [5.41, 5.74) is 1.22. The first-order chi connectivity index (χ1) is 10.2. The molecule has 0 fully saturated rings. The van der Waals surface area contributed by atoms with Crippen molar-refractivity contribution in [1.29, 1.82) is 5.26 Å². The van der Waals surface area contributed by atoms with Crippen LogP contribution in [0.5, 0.6) is 5.75 Å². The molecule has 21 heavy (non-hydrogen) atoms. The fraction of sp³-hybridized carbons (Fsp3) is 0.353. The maximum absolute atomic E-state index is 8.49. The van der Waals surface area contributed by atoms with Crippen LogP contribution in [-0.4, -0.2) is 12.6 Å². The van der Waals surface area contributed by atoms with E-state index in [9.17, 15) is 0 Å². The molecule has 1 heterocycles. The van der Waals surface area contributed by atoms with Gasteiger partial charge in [-0.2, -0.15) is 5.26 Å². The van der Waals surface area contributed by atoms with Gasteiger partial charge >= 0.3 is 0 Å². The maximum Gasteiger partial charge on any atom is 0.174 e. The fourth-order valence-electron chi connectivity index (χ4n) is 2.28. The minimum atomic E-state index is 0.0883. The van der Waals surface area contributed by atoms with Gasteiger partial charge in [0.15, 0.2) is 6.61 Å². The third-order valence-corrected chi connectivity index (χ3v) is 4.20. The highest BCUT2D eigenvalue weighted by Gasteiger charge is 2.10. The van der Waals surface area contributed by atoms with E-state index >= 15 is 0 Å². The number of nitrogens with one attached hydrogen (secondary N) is 1. The van der Waals surface area contributed by atoms with Gasteiger partial charge in [-0.25, -0.2) is 0 Å². The van der Waals surface area contributed by atoms with Crippen LogP contribution in [0.15, 0.2) is 41.8 Å². The van der Waals surface area contributed by atoms with E-state index in [-0.39, 0.29) is 12.6 Å². The number of nitriles is 1. The second kappa shape index (κ2) is 7.82. The van der Waals surface area contributed by atoms with E-state index in [2.05, 4.69) is 36.7 Å². The van der Waals surface area contributed by atoms with Crippen LogP contribution < -0.4 is 10.1 Å². The minimum Gasteiger partial charge on any atom is -0.479 e. The highest BCUT2D eigenvalue weighted by Crippen LogP contribution is 2.19. The van der Waals surface area contributed by atoms with Gasteiger partial charge in [0, 0.05) is 17.0 Å². The van der Waals surface area contributed by atoms with Crippen molar-refractivity contribution in [2.45, 2.75) is 32.4 Å². The van der Waals surface area contributed by atoms with Crippen molar-refractivity contribution in [3.05, 3.63) is 52.2 Å². The number of thiophene rings is 1. The number of ether oxygens (including phenoxy) is 1. The quantitative estimate of drug-likeness (QED) is 0.842. The molecule has 1 aromatic heterocycles. The van der Waals surface area contributed by atoms with Gasteiger partial charge in [-0.3, -0.25) is 0 Å². The molecule has 1 N–H and O–H groups in total. The zero-order valence-corrected chi connectivity index (χ0v) is 13.2. The summed E-state index contributed by atoms with van der Waals surface area (Å²) in [6.45, 7) is 4.46. The second-order valence-electron chi connectivity index (χ2n) is 5.09. The summed E-state index contributed by atoms with van der Waals surface area (Å²) in [7, 11) is 0. The Hall–Kier alpha value is -1.83. The summed E-state index contributed by atoms with van der Waals surface area (Å²) in [6.07, 6.45) is 1.05. The molecule has 4 heteroatoms. The molecule has 0 aliphatic heterocycles. The molecule has 0 saturated heterocycles. The molecule has 0 saturated carbocycles. The third kappa shape index (κ3) is 4.89. The molecule has 2 unspecified atom stereocenters. The molecule has 3 nitrogen and oxygen atoms in total. The Kier molecular flexibility index (Phi) is 5.79. The van der Waals surface area contributed by atoms with Crippen LogP contribution >= 0.6 is 11.3 Å². The molecule has 0 aliphatic rings. The average molecular weight is 300 g/mol. The molecule has 0 radical (unpaired) electrons. The zero-order valence-electron chi connectivity index (χ0n) is 12.4. The molecule has 2 rings (SSSR count). The predicted molar refractivity (Wildman–Crippen MR) is 86.6 cm³/mol. The van der Waals surface area contributed by atoms with Crippen LogP contribution in [0.4, 0.5) is 0 Å². The lowest BCUT2D eigenvalue weighted by Crippen LogP contribution is -2.30. The highest BCUT2D eigenvalue weighted by molar-refractivity contribution is 7.09. The van der Waals surface area contributed by atoms with Crippen molar-refractivity contribution in [3.8, 4) is 11.8 Å². The normalized spacial score (nSPS) is 13.4. The van der Waals surface area contributed by atoms with Crippen molar-refractivity contribution < 1.29 is 4.74 Å². The molecule has 110 valence electrons. The van der Waals surface area contributed by atoms with Crippen molar-refractivity contribution in [3.63, 3.8) is 0 Å². The standard InChI is InChI=1S/C17H20N2OS/c1-13(12-17-4-3-11-21-17)19-14(2)15-5-7-16(8-6-15)20-10-9-18/h3-8,11,13-14,19H,10,12H2,1-2H3. The zero-order chi connectivity index (χ0) is 15.1. The first-order valence-electron chi connectivity index (χ1n) is 7.07. The van der Waals surface area contributed by atoms with Crippen molar-refractivity contribution in [2.24, 2.45) is 0 Å². The first-order valence-corrected chi connectivity index (χ1v) is 7.95. The third-order valence-electron chi connectivity index (χ3n) is 3.31. The van der Waals surface area contributed by atoms with Gasteiger partial charge in [0.1, 0.15) is 11.8 Å². The van der Waals surface area contributed by atoms with E-state index in [0.717, 1.165) is 12.2 Å². The largest absolute Gasteiger partial charge is 0.479 e. The second-order valence-corrected chi connectivity index (χ2v) is 6.12. The Bertz CT molecular complexity index is 572.